The molecular formula is C24H35N3O5S. The van der Waals surface area contributed by atoms with Crippen LogP contribution in [0, 0.1) is 17.8 Å². The van der Waals surface area contributed by atoms with Gasteiger partial charge in [-0.1, -0.05) is 5.16 Å². The lowest BCUT2D eigenvalue weighted by Gasteiger charge is -2.70. The number of aliphatic hydroxyl groups is 1. The third-order valence-electron chi connectivity index (χ3n) is 9.31. The topological polar surface area (TPSA) is 122 Å². The molecule has 9 heteroatoms. The Kier molecular flexibility index (Phi) is 5.38. The molecule has 0 saturated heterocycles. The van der Waals surface area contributed by atoms with E-state index in [0.717, 1.165) is 70.0 Å². The molecule has 0 aromatic carbocycles. The van der Waals surface area contributed by atoms with Crippen LogP contribution in [0.15, 0.2) is 10.6 Å². The van der Waals surface area contributed by atoms with Crippen LogP contribution in [0.4, 0.5) is 0 Å². The summed E-state index contributed by atoms with van der Waals surface area (Å²) in [6.07, 6.45) is 8.69. The maximum Gasteiger partial charge on any atom is 0.273 e. The molecule has 1 heterocycles. The van der Waals surface area contributed by atoms with Crippen molar-refractivity contribution in [2.24, 2.45) is 17.8 Å². The number of amides is 1. The lowest BCUT2D eigenvalue weighted by Crippen LogP contribution is -2.74. The lowest BCUT2D eigenvalue weighted by atomic mass is 9.42. The molecule has 5 saturated carbocycles. The molecule has 5 aliphatic rings. The van der Waals surface area contributed by atoms with Gasteiger partial charge in [-0.15, -0.1) is 0 Å². The van der Waals surface area contributed by atoms with Crippen molar-refractivity contribution in [3.63, 3.8) is 0 Å². The first-order valence-electron chi connectivity index (χ1n) is 12.8. The van der Waals surface area contributed by atoms with Crippen molar-refractivity contribution in [3.05, 3.63) is 17.5 Å². The zero-order valence-corrected chi connectivity index (χ0v) is 19.9. The smallest absolute Gasteiger partial charge is 0.273 e. The molecule has 182 valence electrons. The normalized spacial score (nSPS) is 39.8. The van der Waals surface area contributed by atoms with Gasteiger partial charge in [0, 0.05) is 30.6 Å². The highest BCUT2D eigenvalue weighted by Gasteiger charge is 2.73. The predicted octanol–water partition coefficient (Wildman–Crippen LogP) is 2.15. The highest BCUT2D eigenvalue weighted by Crippen LogP contribution is 2.70. The van der Waals surface area contributed by atoms with Gasteiger partial charge in [-0.25, -0.2) is 8.42 Å². The van der Waals surface area contributed by atoms with E-state index >= 15 is 0 Å². The number of carbonyl (C=O) groups excluding carboxylic acids is 1. The minimum Gasteiger partial charge on any atom is -0.395 e. The lowest BCUT2D eigenvalue weighted by molar-refractivity contribution is -0.106. The van der Waals surface area contributed by atoms with Gasteiger partial charge in [0.05, 0.1) is 16.6 Å². The van der Waals surface area contributed by atoms with Crippen molar-refractivity contribution in [1.82, 2.24) is 15.8 Å². The molecule has 0 radical (unpaired) electrons. The number of aromatic nitrogens is 1. The average molecular weight is 478 g/mol. The number of rotatable bonds is 8. The Hall–Kier alpha value is -1.45. The molecule has 5 fully saturated rings. The molecular weight excluding hydrogens is 442 g/mol. The number of hydrogen-bond acceptors (Lipinski definition) is 7. The first-order valence-corrected chi connectivity index (χ1v) is 14.3. The van der Waals surface area contributed by atoms with E-state index in [9.17, 15) is 13.2 Å². The summed E-state index contributed by atoms with van der Waals surface area (Å²) in [6, 6.07) is 2.20. The minimum absolute atomic E-state index is 0.0962. The summed E-state index contributed by atoms with van der Waals surface area (Å²) in [5.74, 6) is 2.17. The van der Waals surface area contributed by atoms with Crippen molar-refractivity contribution >= 4 is 15.7 Å². The van der Waals surface area contributed by atoms with Crippen LogP contribution in [-0.4, -0.2) is 59.8 Å². The van der Waals surface area contributed by atoms with Crippen LogP contribution in [0.5, 0.6) is 0 Å². The van der Waals surface area contributed by atoms with E-state index in [-0.39, 0.29) is 29.7 Å². The van der Waals surface area contributed by atoms with Gasteiger partial charge < -0.3 is 20.3 Å². The zero-order valence-electron chi connectivity index (χ0n) is 19.0. The second-order valence-corrected chi connectivity index (χ2v) is 13.8. The maximum absolute atomic E-state index is 13.7. The van der Waals surface area contributed by atoms with E-state index in [1.165, 1.54) is 0 Å². The molecule has 3 N–H and O–H groups in total. The summed E-state index contributed by atoms with van der Waals surface area (Å²) in [5, 5.41) is 19.2. The second kappa shape index (κ2) is 8.05. The highest BCUT2D eigenvalue weighted by molar-refractivity contribution is 7.93. The molecule has 1 amide bonds. The summed E-state index contributed by atoms with van der Waals surface area (Å²) in [7, 11) is -3.14. The van der Waals surface area contributed by atoms with Crippen molar-refractivity contribution < 1.29 is 22.8 Å². The second-order valence-electron chi connectivity index (χ2n) is 11.2. The van der Waals surface area contributed by atoms with Gasteiger partial charge in [-0.2, -0.15) is 0 Å². The maximum atomic E-state index is 13.7. The van der Waals surface area contributed by atoms with Gasteiger partial charge in [0.15, 0.2) is 15.5 Å². The number of nitrogens with one attached hydrogen (secondary N) is 2. The highest BCUT2D eigenvalue weighted by atomic mass is 32.2. The van der Waals surface area contributed by atoms with Crippen molar-refractivity contribution in [1.29, 1.82) is 0 Å². The predicted molar refractivity (Wildman–Crippen MR) is 121 cm³/mol. The Bertz CT molecular complexity index is 995. The molecule has 0 bridgehead atoms. The van der Waals surface area contributed by atoms with Gasteiger partial charge in [-0.05, 0) is 82.0 Å². The molecule has 5 atom stereocenters. The molecule has 1 aromatic rings. The number of sulfone groups is 1. The van der Waals surface area contributed by atoms with E-state index in [0.29, 0.717) is 36.0 Å². The zero-order chi connectivity index (χ0) is 22.8. The summed E-state index contributed by atoms with van der Waals surface area (Å²) in [6.45, 7) is 0.695. The van der Waals surface area contributed by atoms with Crippen molar-refractivity contribution in [2.75, 3.05) is 13.2 Å². The summed E-state index contributed by atoms with van der Waals surface area (Å²) < 4.78 is 32.2. The van der Waals surface area contributed by atoms with Crippen LogP contribution < -0.4 is 10.6 Å². The monoisotopic (exact) mass is 477 g/mol. The van der Waals surface area contributed by atoms with Gasteiger partial charge >= 0.3 is 0 Å². The van der Waals surface area contributed by atoms with Gasteiger partial charge in [0.25, 0.3) is 5.91 Å². The van der Waals surface area contributed by atoms with Crippen LogP contribution in [0.25, 0.3) is 0 Å². The van der Waals surface area contributed by atoms with Crippen molar-refractivity contribution in [3.8, 4) is 0 Å². The third kappa shape index (κ3) is 3.57. The molecule has 33 heavy (non-hydrogen) atoms. The Labute approximate surface area is 195 Å². The molecule has 6 rings (SSSR count). The molecule has 1 aromatic heterocycles. The third-order valence-corrected chi connectivity index (χ3v) is 12.4. The van der Waals surface area contributed by atoms with Crippen LogP contribution >= 0.6 is 0 Å². The Morgan fingerprint density at radius 2 is 1.79 bits per heavy atom. The van der Waals surface area contributed by atoms with Crippen LogP contribution in [0.1, 0.15) is 86.4 Å². The fourth-order valence-electron chi connectivity index (χ4n) is 7.64. The molecule has 8 nitrogen and oxygen atoms in total. The summed E-state index contributed by atoms with van der Waals surface area (Å²) >= 11 is 0. The van der Waals surface area contributed by atoms with E-state index in [1.54, 1.807) is 6.07 Å². The Balaban J connectivity index is 1.04. The SMILES string of the molecule is O=C(N[C@@H]1C[C@@H]2CC3(S(=O)(=O)[C@H]4CC[C@@H](NCCO)CC4)C[C@H](C1)C23)c1cc(C2CC2)on1. The molecule has 0 aliphatic heterocycles. The average Bonchev–Trinajstić information content (AvgIpc) is 3.50. The number of carbonyl (C=O) groups is 1. The largest absolute Gasteiger partial charge is 0.395 e. The first-order chi connectivity index (χ1) is 15.9. The first kappa shape index (κ1) is 22.0. The van der Waals surface area contributed by atoms with Crippen molar-refractivity contribution in [2.45, 2.75) is 92.2 Å². The number of hydrogen-bond donors (Lipinski definition) is 3. The van der Waals surface area contributed by atoms with Gasteiger partial charge in [0.1, 0.15) is 5.76 Å². The standard InChI is InChI=1S/C24H35N3O5S/c28-8-7-25-17-3-5-19(6-4-17)33(30,31)24-12-15-9-18(10-16(13-24)22(15)24)26-23(29)20-11-21(32-27-20)14-1-2-14/h11,14-19,22,25,28H,1-10,12-13H2,(H,26,29)/t15-,16+,17-,18-,19+,22?,24?. The Morgan fingerprint density at radius 1 is 1.09 bits per heavy atom. The quantitative estimate of drug-likeness (QED) is 0.524. The van der Waals surface area contributed by atoms with Gasteiger partial charge in [0.2, 0.25) is 0 Å². The number of nitrogens with zero attached hydrogens (tertiary/aromatic N) is 1. The Morgan fingerprint density at radius 3 is 2.42 bits per heavy atom. The summed E-state index contributed by atoms with van der Waals surface area (Å²) in [4.78, 5) is 12.7. The fraction of sp³-hybridized carbons (Fsp3) is 0.833. The van der Waals surface area contributed by atoms with Crippen LogP contribution in [0.2, 0.25) is 0 Å². The molecule has 0 spiro atoms. The van der Waals surface area contributed by atoms with Gasteiger partial charge in [-0.3, -0.25) is 4.79 Å². The van der Waals surface area contributed by atoms with E-state index in [1.807, 2.05) is 0 Å². The van der Waals surface area contributed by atoms with E-state index in [2.05, 4.69) is 15.8 Å². The molecule has 2 unspecified atom stereocenters. The molecule has 5 aliphatic carbocycles. The van der Waals surface area contributed by atoms with Crippen LogP contribution in [-0.2, 0) is 9.84 Å². The fourth-order valence-corrected chi connectivity index (χ4v) is 10.9. The summed E-state index contributed by atoms with van der Waals surface area (Å²) in [5.41, 5.74) is 0.363. The van der Waals surface area contributed by atoms with E-state index < -0.39 is 14.6 Å². The number of aliphatic hydroxyl groups excluding tert-OH is 1. The van der Waals surface area contributed by atoms with Crippen LogP contribution in [0.3, 0.4) is 0 Å². The minimum atomic E-state index is -3.14. The van der Waals surface area contributed by atoms with E-state index in [4.69, 9.17) is 9.63 Å².